The lowest BCUT2D eigenvalue weighted by Gasteiger charge is -2.34. The number of hydrogen-bond donors (Lipinski definition) is 3. The van der Waals surface area contributed by atoms with Crippen LogP contribution >= 0.6 is 11.9 Å². The van der Waals surface area contributed by atoms with Crippen molar-refractivity contribution in [2.75, 3.05) is 61.4 Å². The van der Waals surface area contributed by atoms with Crippen LogP contribution in [-0.2, 0) is 10.9 Å². The highest BCUT2D eigenvalue weighted by Crippen LogP contribution is 2.42. The Balaban J connectivity index is 1.22. The van der Waals surface area contributed by atoms with Crippen molar-refractivity contribution in [1.82, 2.24) is 15.2 Å². The monoisotopic (exact) mass is 614 g/mol. The van der Waals surface area contributed by atoms with E-state index in [4.69, 9.17) is 9.47 Å². The minimum Gasteiger partial charge on any atom is -0.490 e. The van der Waals surface area contributed by atoms with Gasteiger partial charge in [0.05, 0.1) is 33.4 Å². The molecule has 3 N–H and O–H groups in total. The second-order valence-corrected chi connectivity index (χ2v) is 12.0. The highest BCUT2D eigenvalue weighted by Gasteiger charge is 2.35. The van der Waals surface area contributed by atoms with Crippen LogP contribution in [0.1, 0.15) is 28.8 Å². The van der Waals surface area contributed by atoms with Crippen LogP contribution in [0.2, 0.25) is 0 Å². The third-order valence-corrected chi connectivity index (χ3v) is 9.03. The molecule has 6 rings (SSSR count). The molecule has 4 heterocycles. The summed E-state index contributed by atoms with van der Waals surface area (Å²) in [5.41, 5.74) is 0.892. The number of fused-ring (bicyclic) bond motifs is 4. The third kappa shape index (κ3) is 6.63. The van der Waals surface area contributed by atoms with E-state index >= 15 is 0 Å². The number of nitrogens with zero attached hydrogens (tertiary/aromatic N) is 3. The Kier molecular flexibility index (Phi) is 8.55. The van der Waals surface area contributed by atoms with Gasteiger partial charge in [-0.05, 0) is 49.1 Å². The summed E-state index contributed by atoms with van der Waals surface area (Å²) >= 11 is 1.81. The lowest BCUT2D eigenvalue weighted by Crippen LogP contribution is -2.44. The molecule has 2 fully saturated rings. The highest BCUT2D eigenvalue weighted by molar-refractivity contribution is 8.01. The zero-order valence-corrected chi connectivity index (χ0v) is 24.4. The minimum atomic E-state index is -4.66. The number of amides is 1. The summed E-state index contributed by atoms with van der Waals surface area (Å²) in [5, 5.41) is 8.71. The molecule has 0 spiro atoms. The molecule has 0 aliphatic carbocycles. The van der Waals surface area contributed by atoms with Crippen LogP contribution in [-0.4, -0.2) is 73.6 Å². The number of carbonyl (C=O) groups excluding carboxylic acids is 1. The number of halogens is 3. The fourth-order valence-corrected chi connectivity index (χ4v) is 6.85. The SMILES string of the molecule is CNC(=O)c1ccccc1Nc1cc(Nc2ccc3c(c2)OC[C@@H]2CN(C4CCOCC4)CCN3S2)ncc1C(F)(F)F. The van der Waals surface area contributed by atoms with E-state index in [0.29, 0.717) is 24.1 Å². The van der Waals surface area contributed by atoms with Crippen LogP contribution in [0.3, 0.4) is 0 Å². The summed E-state index contributed by atoms with van der Waals surface area (Å²) in [5.74, 6) is 0.502. The van der Waals surface area contributed by atoms with E-state index in [1.165, 1.54) is 19.2 Å². The maximum absolute atomic E-state index is 13.9. The molecule has 1 atom stereocenters. The molecule has 3 aliphatic rings. The molecule has 1 aromatic heterocycles. The molecule has 3 aliphatic heterocycles. The van der Waals surface area contributed by atoms with Crippen molar-refractivity contribution in [3.05, 3.63) is 65.9 Å². The predicted molar refractivity (Wildman–Crippen MR) is 162 cm³/mol. The Labute approximate surface area is 252 Å². The fraction of sp³-hybridized carbons (Fsp3) is 0.400. The lowest BCUT2D eigenvalue weighted by atomic mass is 10.1. The average Bonchev–Trinajstić information content (AvgIpc) is 3.33. The van der Waals surface area contributed by atoms with Gasteiger partial charge >= 0.3 is 6.18 Å². The van der Waals surface area contributed by atoms with Crippen LogP contribution < -0.4 is 25.0 Å². The number of benzene rings is 2. The highest BCUT2D eigenvalue weighted by atomic mass is 32.2. The standard InChI is InChI=1S/C30H33F3N6O3S/c1-34-29(40)22-4-2-3-5-24(22)37-25-15-28(35-16-23(25)30(31,32)33)36-19-6-7-26-27(14-19)42-18-21-17-38(10-11-39(26)43-21)20-8-12-41-13-9-20/h2-7,14-16,20-21H,8-13,17-18H2,1H3,(H,34,40)(H2,35,36,37)/t21-/m0/s1. The largest absolute Gasteiger partial charge is 0.490 e. The van der Waals surface area contributed by atoms with Gasteiger partial charge in [0.1, 0.15) is 18.2 Å². The van der Waals surface area contributed by atoms with E-state index in [9.17, 15) is 18.0 Å². The van der Waals surface area contributed by atoms with Crippen molar-refractivity contribution in [2.24, 2.45) is 0 Å². The van der Waals surface area contributed by atoms with Crippen molar-refractivity contribution in [3.8, 4) is 5.75 Å². The molecule has 228 valence electrons. The molecular weight excluding hydrogens is 581 g/mol. The lowest BCUT2D eigenvalue weighted by molar-refractivity contribution is -0.137. The molecule has 3 aromatic rings. The number of ether oxygens (including phenoxy) is 2. The normalized spacial score (nSPS) is 19.4. The van der Waals surface area contributed by atoms with Gasteiger partial charge in [-0.25, -0.2) is 4.98 Å². The predicted octanol–water partition coefficient (Wildman–Crippen LogP) is 5.66. The summed E-state index contributed by atoms with van der Waals surface area (Å²) < 4.78 is 55.9. The summed E-state index contributed by atoms with van der Waals surface area (Å²) in [7, 11) is 1.46. The van der Waals surface area contributed by atoms with E-state index in [2.05, 4.69) is 30.1 Å². The second-order valence-electron chi connectivity index (χ2n) is 10.6. The molecule has 13 heteroatoms. The quantitative estimate of drug-likeness (QED) is 0.305. The Morgan fingerprint density at radius 3 is 2.65 bits per heavy atom. The average molecular weight is 615 g/mol. The van der Waals surface area contributed by atoms with Gasteiger partial charge in [-0.3, -0.25) is 9.69 Å². The molecule has 2 bridgehead atoms. The topological polar surface area (TPSA) is 91.0 Å². The summed E-state index contributed by atoms with van der Waals surface area (Å²) in [6.07, 6.45) is -1.76. The first-order valence-corrected chi connectivity index (χ1v) is 15.1. The molecule has 0 saturated carbocycles. The van der Waals surface area contributed by atoms with Gasteiger partial charge in [0, 0.05) is 70.0 Å². The van der Waals surface area contributed by atoms with Gasteiger partial charge in [0.25, 0.3) is 5.91 Å². The van der Waals surface area contributed by atoms with Crippen molar-refractivity contribution >= 4 is 46.4 Å². The molecular formula is C30H33F3N6O3S. The van der Waals surface area contributed by atoms with E-state index in [1.54, 1.807) is 30.1 Å². The van der Waals surface area contributed by atoms with Crippen LogP contribution in [0.25, 0.3) is 0 Å². The first kappa shape index (κ1) is 29.4. The van der Waals surface area contributed by atoms with Crippen LogP contribution in [0.4, 0.5) is 41.7 Å². The number of aromatic nitrogens is 1. The van der Waals surface area contributed by atoms with Gasteiger partial charge in [-0.2, -0.15) is 13.2 Å². The van der Waals surface area contributed by atoms with Crippen molar-refractivity contribution < 1.29 is 27.4 Å². The number of hydrogen-bond acceptors (Lipinski definition) is 9. The zero-order valence-electron chi connectivity index (χ0n) is 23.6. The number of carbonyl (C=O) groups is 1. The molecule has 9 nitrogen and oxygen atoms in total. The van der Waals surface area contributed by atoms with Gasteiger partial charge in [-0.15, -0.1) is 0 Å². The molecule has 2 aromatic carbocycles. The molecule has 2 saturated heterocycles. The first-order chi connectivity index (χ1) is 20.8. The van der Waals surface area contributed by atoms with E-state index < -0.39 is 17.6 Å². The third-order valence-electron chi connectivity index (χ3n) is 7.82. The number of anilines is 5. The summed E-state index contributed by atoms with van der Waals surface area (Å²) in [4.78, 5) is 18.9. The first-order valence-electron chi connectivity index (χ1n) is 14.2. The van der Waals surface area contributed by atoms with Crippen molar-refractivity contribution in [2.45, 2.75) is 30.3 Å². The van der Waals surface area contributed by atoms with Gasteiger partial charge in [0.2, 0.25) is 0 Å². The van der Waals surface area contributed by atoms with Crippen LogP contribution in [0.15, 0.2) is 54.7 Å². The maximum atomic E-state index is 13.9. The number of nitrogens with one attached hydrogen (secondary N) is 3. The van der Waals surface area contributed by atoms with E-state index in [-0.39, 0.29) is 28.0 Å². The summed E-state index contributed by atoms with van der Waals surface area (Å²) in [6.45, 7) is 4.93. The van der Waals surface area contributed by atoms with Crippen molar-refractivity contribution in [3.63, 3.8) is 0 Å². The van der Waals surface area contributed by atoms with Gasteiger partial charge in [0.15, 0.2) is 0 Å². The molecule has 1 amide bonds. The Hall–Kier alpha value is -3.68. The van der Waals surface area contributed by atoms with Crippen LogP contribution in [0, 0.1) is 0 Å². The van der Waals surface area contributed by atoms with Crippen LogP contribution in [0.5, 0.6) is 5.75 Å². The number of rotatable bonds is 6. The maximum Gasteiger partial charge on any atom is 0.419 e. The Morgan fingerprint density at radius 1 is 1.05 bits per heavy atom. The Bertz CT molecular complexity index is 1470. The molecule has 0 unspecified atom stereocenters. The van der Waals surface area contributed by atoms with Gasteiger partial charge in [-0.1, -0.05) is 12.1 Å². The smallest absolute Gasteiger partial charge is 0.419 e. The molecule has 0 radical (unpaired) electrons. The molecule has 43 heavy (non-hydrogen) atoms. The van der Waals surface area contributed by atoms with Crippen molar-refractivity contribution in [1.29, 1.82) is 0 Å². The second kappa shape index (κ2) is 12.5. The summed E-state index contributed by atoms with van der Waals surface area (Å²) in [6, 6.07) is 13.9. The number of pyridine rings is 1. The fourth-order valence-electron chi connectivity index (χ4n) is 5.65. The number of para-hydroxylation sites is 1. The van der Waals surface area contributed by atoms with Gasteiger partial charge < -0.3 is 29.7 Å². The Morgan fingerprint density at radius 2 is 1.86 bits per heavy atom. The van der Waals surface area contributed by atoms with E-state index in [0.717, 1.165) is 57.6 Å². The van der Waals surface area contributed by atoms with E-state index in [1.807, 2.05) is 18.2 Å². The zero-order chi connectivity index (χ0) is 30.0. The minimum absolute atomic E-state index is 0.207. The number of alkyl halides is 3.